The molecule has 3 heterocycles. The van der Waals surface area contributed by atoms with Crippen LogP contribution in [0.15, 0.2) is 24.4 Å². The molecule has 1 saturated carbocycles. The summed E-state index contributed by atoms with van der Waals surface area (Å²) in [7, 11) is 3.33. The van der Waals surface area contributed by atoms with Crippen molar-refractivity contribution in [3.63, 3.8) is 0 Å². The minimum absolute atomic E-state index is 0.0711. The standard InChI is InChI=1S/C37H57N7O8/c1-4-31-36(46)43(2)32-26-40-37(42-34(32)44(31)28-7-5-6-8-28)41-30-10-9-27(25-33(30)47-3)35(45)39-15-16-48-17-18-49-19-20-50-21-22-51-23-24-52-29-11-13-38-14-12-29/h9-10,25-26,28-29,31,38H,4-8,11-24H2,1-3H3,(H,39,45)(H,40,41,42)/t31-/m1/s1. The smallest absolute Gasteiger partial charge is 0.251 e. The first-order chi connectivity index (χ1) is 25.5. The number of nitrogens with one attached hydrogen (secondary N) is 3. The zero-order valence-electron chi connectivity index (χ0n) is 31.0. The molecule has 0 radical (unpaired) electrons. The van der Waals surface area contributed by atoms with Crippen molar-refractivity contribution < 1.29 is 38.0 Å². The van der Waals surface area contributed by atoms with Crippen LogP contribution in [0.5, 0.6) is 5.75 Å². The number of fused-ring (bicyclic) bond motifs is 1. The van der Waals surface area contributed by atoms with Crippen LogP contribution < -0.4 is 30.5 Å². The Morgan fingerprint density at radius 2 is 1.58 bits per heavy atom. The Bertz CT molecular complexity index is 1410. The third kappa shape index (κ3) is 11.2. The Morgan fingerprint density at radius 1 is 0.923 bits per heavy atom. The molecule has 15 heteroatoms. The van der Waals surface area contributed by atoms with Crippen molar-refractivity contribution in [1.82, 2.24) is 20.6 Å². The molecule has 2 fully saturated rings. The van der Waals surface area contributed by atoms with Crippen LogP contribution in [0.2, 0.25) is 0 Å². The molecule has 3 aliphatic rings. The number of benzene rings is 1. The molecule has 1 aromatic carbocycles. The van der Waals surface area contributed by atoms with Crippen molar-refractivity contribution in [1.29, 1.82) is 0 Å². The topological polar surface area (TPSA) is 158 Å². The van der Waals surface area contributed by atoms with Crippen LogP contribution in [0.4, 0.5) is 23.1 Å². The summed E-state index contributed by atoms with van der Waals surface area (Å²) in [5.74, 6) is 1.45. The van der Waals surface area contributed by atoms with E-state index in [2.05, 4.69) is 25.8 Å². The molecule has 2 aromatic rings. The van der Waals surface area contributed by atoms with Crippen LogP contribution in [0.3, 0.4) is 0 Å². The number of piperidine rings is 1. The van der Waals surface area contributed by atoms with Gasteiger partial charge in [-0.2, -0.15) is 4.98 Å². The van der Waals surface area contributed by atoms with Gasteiger partial charge in [-0.25, -0.2) is 4.98 Å². The van der Waals surface area contributed by atoms with Crippen molar-refractivity contribution in [3.05, 3.63) is 30.0 Å². The number of nitrogens with zero attached hydrogens (tertiary/aromatic N) is 4. The van der Waals surface area contributed by atoms with Gasteiger partial charge in [0, 0.05) is 25.2 Å². The van der Waals surface area contributed by atoms with E-state index in [1.54, 1.807) is 43.5 Å². The molecule has 288 valence electrons. The van der Waals surface area contributed by atoms with Crippen LogP contribution in [-0.4, -0.2) is 133 Å². The number of aromatic nitrogens is 2. The van der Waals surface area contributed by atoms with Crippen LogP contribution in [0.25, 0.3) is 0 Å². The molecule has 3 N–H and O–H groups in total. The number of rotatable bonds is 22. The molecule has 2 amide bonds. The van der Waals surface area contributed by atoms with Gasteiger partial charge in [0.15, 0.2) is 5.82 Å². The van der Waals surface area contributed by atoms with Crippen LogP contribution >= 0.6 is 0 Å². The molecule has 0 unspecified atom stereocenters. The molecule has 0 bridgehead atoms. The van der Waals surface area contributed by atoms with E-state index in [4.69, 9.17) is 33.4 Å². The van der Waals surface area contributed by atoms with E-state index in [1.165, 1.54) is 0 Å². The number of carbonyl (C=O) groups is 2. The summed E-state index contributed by atoms with van der Waals surface area (Å²) in [6, 6.07) is 5.19. The van der Waals surface area contributed by atoms with Crippen molar-refractivity contribution in [2.75, 3.05) is 108 Å². The highest BCUT2D eigenvalue weighted by molar-refractivity contribution is 6.04. The van der Waals surface area contributed by atoms with Gasteiger partial charge in [0.1, 0.15) is 17.5 Å². The monoisotopic (exact) mass is 727 g/mol. The molecule has 0 spiro atoms. The minimum atomic E-state index is -0.254. The zero-order chi connectivity index (χ0) is 36.5. The van der Waals surface area contributed by atoms with Gasteiger partial charge in [0.2, 0.25) is 11.9 Å². The van der Waals surface area contributed by atoms with E-state index in [1.807, 2.05) is 6.92 Å². The Hall–Kier alpha value is -3.60. The second-order valence-corrected chi connectivity index (χ2v) is 13.1. The maximum Gasteiger partial charge on any atom is 0.251 e. The summed E-state index contributed by atoms with van der Waals surface area (Å²) < 4.78 is 33.7. The Kier molecular flexibility index (Phi) is 16.1. The third-order valence-corrected chi connectivity index (χ3v) is 9.64. The molecule has 2 aliphatic heterocycles. The molecule has 1 aromatic heterocycles. The minimum Gasteiger partial charge on any atom is -0.495 e. The van der Waals surface area contributed by atoms with Gasteiger partial charge in [0.25, 0.3) is 5.91 Å². The van der Waals surface area contributed by atoms with Gasteiger partial charge in [-0.15, -0.1) is 0 Å². The van der Waals surface area contributed by atoms with Gasteiger partial charge >= 0.3 is 0 Å². The Labute approximate surface area is 307 Å². The predicted molar refractivity (Wildman–Crippen MR) is 198 cm³/mol. The SMILES string of the molecule is CC[C@@H]1C(=O)N(C)c2cnc(Nc3ccc(C(=O)NCCOCCOCCOCCOCCOC4CCNCC4)cc3OC)nc2N1C1CCCC1. The Balaban J connectivity index is 0.965. The summed E-state index contributed by atoms with van der Waals surface area (Å²) in [5.41, 5.74) is 1.77. The number of carbonyl (C=O) groups excluding carboxylic acids is 2. The molecular weight excluding hydrogens is 670 g/mol. The molecule has 15 nitrogen and oxygen atoms in total. The summed E-state index contributed by atoms with van der Waals surface area (Å²) in [6.07, 6.45) is 9.26. The number of likely N-dealkylation sites (N-methyl/N-ethyl adjacent to an activating group) is 1. The molecule has 1 atom stereocenters. The molecule has 52 heavy (non-hydrogen) atoms. The lowest BCUT2D eigenvalue weighted by atomic mass is 10.0. The number of ether oxygens (including phenoxy) is 6. The van der Waals surface area contributed by atoms with Gasteiger partial charge in [-0.05, 0) is 63.4 Å². The van der Waals surface area contributed by atoms with E-state index >= 15 is 0 Å². The fraction of sp³-hybridized carbons (Fsp3) is 0.676. The number of anilines is 4. The highest BCUT2D eigenvalue weighted by atomic mass is 16.6. The Morgan fingerprint density at radius 3 is 2.23 bits per heavy atom. The van der Waals surface area contributed by atoms with Gasteiger partial charge in [0.05, 0.1) is 84.6 Å². The summed E-state index contributed by atoms with van der Waals surface area (Å²) in [6.45, 7) is 8.86. The largest absolute Gasteiger partial charge is 0.495 e. The summed E-state index contributed by atoms with van der Waals surface area (Å²) >= 11 is 0. The molecule has 5 rings (SSSR count). The van der Waals surface area contributed by atoms with Crippen LogP contribution in [-0.2, 0) is 28.5 Å². The average molecular weight is 728 g/mol. The number of amides is 2. The average Bonchev–Trinajstić information content (AvgIpc) is 3.71. The molecule has 1 saturated heterocycles. The second-order valence-electron chi connectivity index (χ2n) is 13.1. The number of hydrogen-bond acceptors (Lipinski definition) is 13. The second kappa shape index (κ2) is 21.2. The maximum atomic E-state index is 13.2. The van der Waals surface area contributed by atoms with E-state index in [0.717, 1.165) is 57.4 Å². The first-order valence-electron chi connectivity index (χ1n) is 18.8. The summed E-state index contributed by atoms with van der Waals surface area (Å²) in [4.78, 5) is 39.4. The highest BCUT2D eigenvalue weighted by Crippen LogP contribution is 2.40. The summed E-state index contributed by atoms with van der Waals surface area (Å²) in [5, 5.41) is 9.46. The molecular formula is C37H57N7O8. The van der Waals surface area contributed by atoms with E-state index < -0.39 is 0 Å². The first kappa shape index (κ1) is 39.6. The zero-order valence-corrected chi connectivity index (χ0v) is 31.0. The van der Waals surface area contributed by atoms with Crippen molar-refractivity contribution in [2.45, 2.75) is 70.1 Å². The third-order valence-electron chi connectivity index (χ3n) is 9.64. The van der Waals surface area contributed by atoms with Gasteiger partial charge < -0.3 is 54.2 Å². The maximum absolute atomic E-state index is 13.2. The highest BCUT2D eigenvalue weighted by Gasteiger charge is 2.41. The number of methoxy groups -OCH3 is 1. The first-order valence-corrected chi connectivity index (χ1v) is 18.8. The number of hydrogen-bond donors (Lipinski definition) is 3. The van der Waals surface area contributed by atoms with E-state index in [-0.39, 0.29) is 23.9 Å². The van der Waals surface area contributed by atoms with Gasteiger partial charge in [-0.3, -0.25) is 9.59 Å². The lowest BCUT2D eigenvalue weighted by molar-refractivity contribution is -0.120. The van der Waals surface area contributed by atoms with Crippen molar-refractivity contribution in [2.24, 2.45) is 0 Å². The van der Waals surface area contributed by atoms with Crippen molar-refractivity contribution >= 4 is 35.0 Å². The quantitative estimate of drug-likeness (QED) is 0.152. The fourth-order valence-electron chi connectivity index (χ4n) is 6.84. The molecule has 1 aliphatic carbocycles. The predicted octanol–water partition coefficient (Wildman–Crippen LogP) is 3.30. The fourth-order valence-corrected chi connectivity index (χ4v) is 6.84. The van der Waals surface area contributed by atoms with Gasteiger partial charge in [-0.1, -0.05) is 19.8 Å². The lowest BCUT2D eigenvalue weighted by Crippen LogP contribution is -2.55. The van der Waals surface area contributed by atoms with E-state index in [9.17, 15) is 9.59 Å². The van der Waals surface area contributed by atoms with Crippen molar-refractivity contribution in [3.8, 4) is 5.75 Å². The normalized spacial score (nSPS) is 18.1. The lowest BCUT2D eigenvalue weighted by Gasteiger charge is -2.43. The van der Waals surface area contributed by atoms with Crippen LogP contribution in [0.1, 0.15) is 62.2 Å². The van der Waals surface area contributed by atoms with Crippen LogP contribution in [0, 0.1) is 0 Å². The van der Waals surface area contributed by atoms with E-state index in [0.29, 0.717) is 107 Å².